The predicted octanol–water partition coefficient (Wildman–Crippen LogP) is 1.85. The Labute approximate surface area is 128 Å². The molecule has 0 aliphatic rings. The van der Waals surface area contributed by atoms with Gasteiger partial charge in [-0.2, -0.15) is 0 Å². The summed E-state index contributed by atoms with van der Waals surface area (Å²) in [5.41, 5.74) is 0.803. The molecular formula is C15H18N4O3. The molecule has 1 aromatic carbocycles. The number of carbonyl (C=O) groups is 1. The van der Waals surface area contributed by atoms with E-state index >= 15 is 0 Å². The molecule has 7 nitrogen and oxygen atoms in total. The molecule has 0 N–H and O–H groups in total. The van der Waals surface area contributed by atoms with Crippen LogP contribution in [0.15, 0.2) is 30.3 Å². The van der Waals surface area contributed by atoms with Crippen molar-refractivity contribution in [1.29, 1.82) is 0 Å². The Balaban J connectivity index is 1.92. The first-order valence-corrected chi connectivity index (χ1v) is 6.97. The largest absolute Gasteiger partial charge is 0.496 e. The van der Waals surface area contributed by atoms with E-state index in [-0.39, 0.29) is 6.61 Å². The Hall–Kier alpha value is -2.70. The third-order valence-corrected chi connectivity index (χ3v) is 2.92. The number of methoxy groups -OCH3 is 1. The Morgan fingerprint density at radius 3 is 2.95 bits per heavy atom. The van der Waals surface area contributed by atoms with Crippen LogP contribution in [0, 0.1) is 0 Å². The number of aryl methyl sites for hydroxylation is 1. The van der Waals surface area contributed by atoms with Crippen LogP contribution < -0.4 is 4.74 Å². The Morgan fingerprint density at radius 2 is 2.18 bits per heavy atom. The molecule has 0 unspecified atom stereocenters. The first-order chi connectivity index (χ1) is 10.7. The Kier molecular flexibility index (Phi) is 5.65. The minimum Gasteiger partial charge on any atom is -0.496 e. The van der Waals surface area contributed by atoms with Crippen LogP contribution in [-0.4, -0.2) is 33.3 Å². The molecule has 1 heterocycles. The zero-order valence-corrected chi connectivity index (χ0v) is 12.6. The van der Waals surface area contributed by atoms with E-state index in [0.717, 1.165) is 12.0 Å². The second kappa shape index (κ2) is 7.92. The average molecular weight is 302 g/mol. The van der Waals surface area contributed by atoms with Gasteiger partial charge in [0.15, 0.2) is 12.4 Å². The summed E-state index contributed by atoms with van der Waals surface area (Å²) in [6, 6.07) is 7.41. The molecule has 116 valence electrons. The first-order valence-electron chi connectivity index (χ1n) is 6.97. The zero-order chi connectivity index (χ0) is 15.8. The number of nitrogens with zero attached hydrogens (tertiary/aromatic N) is 4. The number of esters is 1. The number of para-hydroxylation sites is 1. The van der Waals surface area contributed by atoms with Crippen molar-refractivity contribution in [2.24, 2.45) is 0 Å². The van der Waals surface area contributed by atoms with Crippen LogP contribution in [0.2, 0.25) is 0 Å². The minimum absolute atomic E-state index is 0.0437. The van der Waals surface area contributed by atoms with Gasteiger partial charge in [-0.05, 0) is 29.0 Å². The molecule has 0 bridgehead atoms. The molecule has 0 saturated heterocycles. The number of carbonyl (C=O) groups excluding carboxylic acids is 1. The van der Waals surface area contributed by atoms with E-state index < -0.39 is 5.97 Å². The highest BCUT2D eigenvalue weighted by Gasteiger charge is 2.07. The van der Waals surface area contributed by atoms with E-state index in [4.69, 9.17) is 9.47 Å². The summed E-state index contributed by atoms with van der Waals surface area (Å²) >= 11 is 0. The molecule has 1 aromatic heterocycles. The van der Waals surface area contributed by atoms with Crippen molar-refractivity contribution in [3.63, 3.8) is 0 Å². The van der Waals surface area contributed by atoms with E-state index in [1.54, 1.807) is 17.9 Å². The molecule has 0 amide bonds. The highest BCUT2D eigenvalue weighted by Crippen LogP contribution is 2.18. The third kappa shape index (κ3) is 4.15. The lowest BCUT2D eigenvalue weighted by Gasteiger charge is -2.04. The summed E-state index contributed by atoms with van der Waals surface area (Å²) in [4.78, 5) is 11.8. The molecule has 0 saturated carbocycles. The molecule has 0 aliphatic heterocycles. The lowest BCUT2D eigenvalue weighted by atomic mass is 10.2. The first kappa shape index (κ1) is 15.7. The highest BCUT2D eigenvalue weighted by atomic mass is 16.5. The van der Waals surface area contributed by atoms with Gasteiger partial charge in [-0.15, -0.1) is 5.10 Å². The Morgan fingerprint density at radius 1 is 1.36 bits per heavy atom. The molecule has 2 rings (SSSR count). The fourth-order valence-corrected chi connectivity index (χ4v) is 1.86. The smallest absolute Gasteiger partial charge is 0.331 e. The van der Waals surface area contributed by atoms with E-state index in [1.807, 2.05) is 31.2 Å². The lowest BCUT2D eigenvalue weighted by Crippen LogP contribution is -2.09. The monoisotopic (exact) mass is 302 g/mol. The summed E-state index contributed by atoms with van der Waals surface area (Å²) in [5, 5.41) is 11.2. The number of hydrogen-bond acceptors (Lipinski definition) is 6. The van der Waals surface area contributed by atoms with Crippen molar-refractivity contribution in [3.8, 4) is 5.75 Å². The third-order valence-electron chi connectivity index (χ3n) is 2.92. The van der Waals surface area contributed by atoms with E-state index in [9.17, 15) is 4.79 Å². The summed E-state index contributed by atoms with van der Waals surface area (Å²) in [5.74, 6) is 0.760. The van der Waals surface area contributed by atoms with Crippen molar-refractivity contribution >= 4 is 12.0 Å². The number of hydrogen-bond donors (Lipinski definition) is 0. The predicted molar refractivity (Wildman–Crippen MR) is 79.9 cm³/mol. The molecular weight excluding hydrogens is 284 g/mol. The molecule has 0 spiro atoms. The molecule has 0 atom stereocenters. The van der Waals surface area contributed by atoms with Crippen LogP contribution in [0.3, 0.4) is 0 Å². The van der Waals surface area contributed by atoms with E-state index in [1.165, 1.54) is 6.08 Å². The molecule has 22 heavy (non-hydrogen) atoms. The van der Waals surface area contributed by atoms with Crippen molar-refractivity contribution in [3.05, 3.63) is 41.7 Å². The number of aromatic nitrogens is 4. The van der Waals surface area contributed by atoms with Crippen LogP contribution in [0.1, 0.15) is 24.7 Å². The average Bonchev–Trinajstić information content (AvgIpc) is 2.99. The fraction of sp³-hybridized carbons (Fsp3) is 0.333. The number of ether oxygens (including phenoxy) is 2. The second-order valence-electron chi connectivity index (χ2n) is 4.50. The molecule has 7 heteroatoms. The Bertz CT molecular complexity index is 652. The fourth-order valence-electron chi connectivity index (χ4n) is 1.86. The summed E-state index contributed by atoms with van der Waals surface area (Å²) in [7, 11) is 1.58. The van der Waals surface area contributed by atoms with Gasteiger partial charge in [0.25, 0.3) is 0 Å². The van der Waals surface area contributed by atoms with Gasteiger partial charge in [0.2, 0.25) is 0 Å². The van der Waals surface area contributed by atoms with Crippen LogP contribution in [0.5, 0.6) is 5.75 Å². The van der Waals surface area contributed by atoms with Gasteiger partial charge in [0.1, 0.15) is 5.75 Å². The lowest BCUT2D eigenvalue weighted by molar-refractivity contribution is -0.139. The molecule has 0 aliphatic carbocycles. The summed E-state index contributed by atoms with van der Waals surface area (Å²) < 4.78 is 12.0. The summed E-state index contributed by atoms with van der Waals surface area (Å²) in [6.07, 6.45) is 3.90. The van der Waals surface area contributed by atoms with Gasteiger partial charge in [-0.1, -0.05) is 25.1 Å². The van der Waals surface area contributed by atoms with Gasteiger partial charge in [-0.3, -0.25) is 0 Å². The van der Waals surface area contributed by atoms with Crippen molar-refractivity contribution in [1.82, 2.24) is 20.2 Å². The van der Waals surface area contributed by atoms with Crippen molar-refractivity contribution < 1.29 is 14.3 Å². The zero-order valence-electron chi connectivity index (χ0n) is 12.6. The molecule has 0 radical (unpaired) electrons. The quantitative estimate of drug-likeness (QED) is 0.573. The van der Waals surface area contributed by atoms with Crippen molar-refractivity contribution in [2.45, 2.75) is 26.5 Å². The van der Waals surface area contributed by atoms with Crippen molar-refractivity contribution in [2.75, 3.05) is 7.11 Å². The molecule has 2 aromatic rings. The maximum Gasteiger partial charge on any atom is 0.331 e. The van der Waals surface area contributed by atoms with Gasteiger partial charge in [-0.25, -0.2) is 9.48 Å². The maximum atomic E-state index is 11.8. The molecule has 0 fully saturated rings. The second-order valence-corrected chi connectivity index (χ2v) is 4.50. The van der Waals surface area contributed by atoms with E-state index in [0.29, 0.717) is 18.1 Å². The number of tetrazole rings is 1. The topological polar surface area (TPSA) is 79.1 Å². The van der Waals surface area contributed by atoms with Gasteiger partial charge >= 0.3 is 5.97 Å². The van der Waals surface area contributed by atoms with Gasteiger partial charge < -0.3 is 9.47 Å². The standard InChI is InChI=1S/C15H18N4O3/c1-3-10-19-14(16-17-18-19)11-22-15(20)9-8-12-6-4-5-7-13(12)21-2/h4-9H,3,10-11H2,1-2H3/b9-8+. The van der Waals surface area contributed by atoms with E-state index in [2.05, 4.69) is 15.5 Å². The van der Waals surface area contributed by atoms with Crippen LogP contribution in [-0.2, 0) is 22.7 Å². The highest BCUT2D eigenvalue weighted by molar-refractivity contribution is 5.87. The van der Waals surface area contributed by atoms with Crippen LogP contribution in [0.25, 0.3) is 6.08 Å². The summed E-state index contributed by atoms with van der Waals surface area (Å²) in [6.45, 7) is 2.76. The maximum absolute atomic E-state index is 11.8. The van der Waals surface area contributed by atoms with Crippen LogP contribution in [0.4, 0.5) is 0 Å². The van der Waals surface area contributed by atoms with Gasteiger partial charge in [0, 0.05) is 18.2 Å². The van der Waals surface area contributed by atoms with Gasteiger partial charge in [0.05, 0.1) is 7.11 Å². The normalized spacial score (nSPS) is 10.8. The minimum atomic E-state index is -0.461. The number of rotatable bonds is 7. The SMILES string of the molecule is CCCn1nnnc1COC(=O)/C=C/c1ccccc1OC. The van der Waals surface area contributed by atoms with Crippen LogP contribution >= 0.6 is 0 Å². The number of benzene rings is 1.